The zero-order chi connectivity index (χ0) is 25.4. The summed E-state index contributed by atoms with van der Waals surface area (Å²) in [6.45, 7) is 0.494. The molecular weight excluding hydrogens is 493 g/mol. The fraction of sp³-hybridized carbons (Fsp3) is 0.160. The standard InChI is InChI=1S/C25H23Cl2N3O5/c26-21-10-3-17(13-22(21)27)15-30(25(35)29-19-6-8-20(31)9-7-19)14-16-1-4-18(5-2-16)24(34)28-12-11-23(32)33/h1-10,13,31H,11-12,14-15H2,(H,28,34)(H,29,35)(H,32,33). The molecule has 3 amide bonds. The van der Waals surface area contributed by atoms with E-state index in [1.165, 1.54) is 12.1 Å². The van der Waals surface area contributed by atoms with Gasteiger partial charge < -0.3 is 25.7 Å². The Bertz CT molecular complexity index is 1200. The lowest BCUT2D eigenvalue weighted by atomic mass is 10.1. The van der Waals surface area contributed by atoms with E-state index in [2.05, 4.69) is 10.6 Å². The summed E-state index contributed by atoms with van der Waals surface area (Å²) in [5.74, 6) is -1.29. The van der Waals surface area contributed by atoms with Crippen LogP contribution in [0.25, 0.3) is 0 Å². The summed E-state index contributed by atoms with van der Waals surface area (Å²) in [6, 6.07) is 17.5. The number of anilines is 1. The summed E-state index contributed by atoms with van der Waals surface area (Å²) in [4.78, 5) is 37.4. The normalized spacial score (nSPS) is 10.5. The van der Waals surface area contributed by atoms with E-state index < -0.39 is 5.97 Å². The van der Waals surface area contributed by atoms with Gasteiger partial charge in [-0.15, -0.1) is 0 Å². The SMILES string of the molecule is O=C(O)CCNC(=O)c1ccc(CN(Cc2ccc(Cl)c(Cl)c2)C(=O)Nc2ccc(O)cc2)cc1. The fourth-order valence-corrected chi connectivity index (χ4v) is 3.49. The molecule has 0 saturated heterocycles. The first-order chi connectivity index (χ1) is 16.7. The quantitative estimate of drug-likeness (QED) is 0.294. The number of aliphatic carboxylic acids is 1. The minimum atomic E-state index is -0.992. The average Bonchev–Trinajstić information content (AvgIpc) is 2.82. The molecule has 0 atom stereocenters. The Morgan fingerprint density at radius 1 is 0.829 bits per heavy atom. The van der Waals surface area contributed by atoms with Crippen molar-refractivity contribution in [3.05, 3.63) is 93.5 Å². The Balaban J connectivity index is 1.74. The molecule has 4 N–H and O–H groups in total. The summed E-state index contributed by atoms with van der Waals surface area (Å²) in [5, 5.41) is 24.3. The smallest absolute Gasteiger partial charge is 0.322 e. The third kappa shape index (κ3) is 7.91. The van der Waals surface area contributed by atoms with Crippen molar-refractivity contribution in [2.75, 3.05) is 11.9 Å². The molecule has 35 heavy (non-hydrogen) atoms. The number of carboxylic acids is 1. The first-order valence-corrected chi connectivity index (χ1v) is 11.3. The maximum atomic E-state index is 13.1. The molecule has 0 aromatic heterocycles. The Labute approximate surface area is 212 Å². The van der Waals surface area contributed by atoms with E-state index in [1.54, 1.807) is 59.5 Å². The Hall–Kier alpha value is -3.75. The molecule has 182 valence electrons. The van der Waals surface area contributed by atoms with E-state index in [0.717, 1.165) is 11.1 Å². The highest BCUT2D eigenvalue weighted by Crippen LogP contribution is 2.24. The molecule has 3 rings (SSSR count). The minimum Gasteiger partial charge on any atom is -0.508 e. The second kappa shape index (κ2) is 12.1. The number of aromatic hydroxyl groups is 1. The molecule has 0 spiro atoms. The Morgan fingerprint density at radius 2 is 1.46 bits per heavy atom. The zero-order valence-corrected chi connectivity index (χ0v) is 20.0. The van der Waals surface area contributed by atoms with Crippen LogP contribution in [-0.4, -0.2) is 39.6 Å². The van der Waals surface area contributed by atoms with Crippen molar-refractivity contribution in [1.82, 2.24) is 10.2 Å². The third-order valence-corrected chi connectivity index (χ3v) is 5.72. The first-order valence-electron chi connectivity index (χ1n) is 10.6. The highest BCUT2D eigenvalue weighted by Gasteiger charge is 2.16. The van der Waals surface area contributed by atoms with Gasteiger partial charge in [0.25, 0.3) is 5.91 Å². The van der Waals surface area contributed by atoms with Gasteiger partial charge in [-0.05, 0) is 59.7 Å². The van der Waals surface area contributed by atoms with Crippen molar-refractivity contribution >= 4 is 46.8 Å². The number of carbonyl (C=O) groups is 3. The van der Waals surface area contributed by atoms with E-state index in [-0.39, 0.29) is 43.7 Å². The molecule has 0 fully saturated rings. The van der Waals surface area contributed by atoms with Crippen LogP contribution in [-0.2, 0) is 17.9 Å². The van der Waals surface area contributed by atoms with Crippen LogP contribution in [0.15, 0.2) is 66.7 Å². The van der Waals surface area contributed by atoms with E-state index in [1.807, 2.05) is 0 Å². The molecule has 0 aliphatic carbocycles. The summed E-state index contributed by atoms with van der Waals surface area (Å²) in [7, 11) is 0. The number of phenolic OH excluding ortho intramolecular Hbond substituents is 1. The topological polar surface area (TPSA) is 119 Å². The van der Waals surface area contributed by atoms with Gasteiger partial charge in [0, 0.05) is 30.9 Å². The van der Waals surface area contributed by atoms with Crippen molar-refractivity contribution in [2.24, 2.45) is 0 Å². The summed E-state index contributed by atoms with van der Waals surface area (Å²) in [6.07, 6.45) is -0.163. The monoisotopic (exact) mass is 515 g/mol. The van der Waals surface area contributed by atoms with Crippen LogP contribution in [0.4, 0.5) is 10.5 Å². The molecule has 0 unspecified atom stereocenters. The number of carboxylic acid groups (broad SMARTS) is 1. The lowest BCUT2D eigenvalue weighted by Crippen LogP contribution is -2.34. The number of halogens is 2. The van der Waals surface area contributed by atoms with Crippen LogP contribution in [0.2, 0.25) is 10.0 Å². The average molecular weight is 516 g/mol. The second-order valence-corrected chi connectivity index (χ2v) is 8.49. The number of carbonyl (C=O) groups excluding carboxylic acids is 2. The number of phenols is 1. The molecular formula is C25H23Cl2N3O5. The van der Waals surface area contributed by atoms with E-state index in [9.17, 15) is 19.5 Å². The van der Waals surface area contributed by atoms with Crippen LogP contribution in [0.1, 0.15) is 27.9 Å². The number of hydrogen-bond acceptors (Lipinski definition) is 4. The van der Waals surface area contributed by atoms with Gasteiger partial charge in [-0.1, -0.05) is 41.4 Å². The summed E-state index contributed by atoms with van der Waals surface area (Å²) < 4.78 is 0. The van der Waals surface area contributed by atoms with Crippen LogP contribution >= 0.6 is 23.2 Å². The molecule has 0 bridgehead atoms. The zero-order valence-electron chi connectivity index (χ0n) is 18.5. The van der Waals surface area contributed by atoms with Crippen LogP contribution < -0.4 is 10.6 Å². The van der Waals surface area contributed by atoms with Gasteiger partial charge in [0.1, 0.15) is 5.75 Å². The third-order valence-electron chi connectivity index (χ3n) is 4.98. The van der Waals surface area contributed by atoms with Crippen molar-refractivity contribution in [3.8, 4) is 5.75 Å². The van der Waals surface area contributed by atoms with Gasteiger partial charge >= 0.3 is 12.0 Å². The minimum absolute atomic E-state index is 0.0325. The number of hydrogen-bond donors (Lipinski definition) is 4. The number of urea groups is 1. The number of nitrogens with zero attached hydrogens (tertiary/aromatic N) is 1. The van der Waals surface area contributed by atoms with Gasteiger partial charge in [0.2, 0.25) is 0 Å². The maximum Gasteiger partial charge on any atom is 0.322 e. The second-order valence-electron chi connectivity index (χ2n) is 7.68. The van der Waals surface area contributed by atoms with Gasteiger partial charge in [-0.2, -0.15) is 0 Å². The van der Waals surface area contributed by atoms with Crippen LogP contribution in [0.3, 0.4) is 0 Å². The molecule has 0 saturated carbocycles. The first kappa shape index (κ1) is 25.9. The van der Waals surface area contributed by atoms with Gasteiger partial charge in [-0.3, -0.25) is 9.59 Å². The highest BCUT2D eigenvalue weighted by atomic mass is 35.5. The molecule has 0 aliphatic rings. The number of amides is 3. The van der Waals surface area contributed by atoms with Gasteiger partial charge in [0.15, 0.2) is 0 Å². The Morgan fingerprint density at radius 3 is 2.09 bits per heavy atom. The summed E-state index contributed by atoms with van der Waals surface area (Å²) >= 11 is 12.1. The van der Waals surface area contributed by atoms with Crippen molar-refractivity contribution in [2.45, 2.75) is 19.5 Å². The fourth-order valence-electron chi connectivity index (χ4n) is 3.17. The van der Waals surface area contributed by atoms with E-state index in [4.69, 9.17) is 28.3 Å². The molecule has 0 radical (unpaired) electrons. The van der Waals surface area contributed by atoms with Crippen molar-refractivity contribution in [3.63, 3.8) is 0 Å². The largest absolute Gasteiger partial charge is 0.508 e. The molecule has 3 aromatic rings. The van der Waals surface area contributed by atoms with Crippen LogP contribution in [0, 0.1) is 0 Å². The number of nitrogens with one attached hydrogen (secondary N) is 2. The number of rotatable bonds is 9. The lowest BCUT2D eigenvalue weighted by molar-refractivity contribution is -0.136. The van der Waals surface area contributed by atoms with Gasteiger partial charge in [0.05, 0.1) is 16.5 Å². The van der Waals surface area contributed by atoms with E-state index in [0.29, 0.717) is 21.3 Å². The van der Waals surface area contributed by atoms with Crippen molar-refractivity contribution in [1.29, 1.82) is 0 Å². The van der Waals surface area contributed by atoms with E-state index >= 15 is 0 Å². The van der Waals surface area contributed by atoms with Gasteiger partial charge in [-0.25, -0.2) is 4.79 Å². The lowest BCUT2D eigenvalue weighted by Gasteiger charge is -2.24. The maximum absolute atomic E-state index is 13.1. The molecule has 0 heterocycles. The van der Waals surface area contributed by atoms with Crippen LogP contribution in [0.5, 0.6) is 5.75 Å². The predicted molar refractivity (Wildman–Crippen MR) is 134 cm³/mol. The number of benzene rings is 3. The molecule has 8 nitrogen and oxygen atoms in total. The molecule has 3 aromatic carbocycles. The predicted octanol–water partition coefficient (Wildman–Crippen LogP) is 5.14. The summed E-state index contributed by atoms with van der Waals surface area (Å²) in [5.41, 5.74) is 2.44. The Kier molecular flexibility index (Phi) is 8.94. The van der Waals surface area contributed by atoms with Crippen molar-refractivity contribution < 1.29 is 24.6 Å². The molecule has 10 heteroatoms. The molecule has 0 aliphatic heterocycles. The highest BCUT2D eigenvalue weighted by molar-refractivity contribution is 6.42.